The summed E-state index contributed by atoms with van der Waals surface area (Å²) in [7, 11) is 5.30. The van der Waals surface area contributed by atoms with E-state index in [2.05, 4.69) is 5.32 Å². The molecule has 1 amide bonds. The number of fused-ring (bicyclic) bond motifs is 1. The summed E-state index contributed by atoms with van der Waals surface area (Å²) in [4.78, 5) is 34.7. The third kappa shape index (κ3) is 6.23. The molecule has 0 radical (unpaired) electrons. The molecule has 4 rings (SSSR count). The van der Waals surface area contributed by atoms with Crippen LogP contribution in [0, 0.1) is 0 Å². The van der Waals surface area contributed by atoms with Crippen molar-refractivity contribution in [3.05, 3.63) is 82.5 Å². The number of carbonyl (C=O) groups is 2. The third-order valence-electron chi connectivity index (χ3n) is 6.00. The number of benzene rings is 2. The lowest BCUT2D eigenvalue weighted by molar-refractivity contribution is -0.136. The van der Waals surface area contributed by atoms with E-state index in [-0.39, 0.29) is 12.3 Å². The molecule has 0 saturated heterocycles. The lowest BCUT2D eigenvalue weighted by atomic mass is 9.92. The number of allylic oxidation sites excluding steroid dienone is 1. The van der Waals surface area contributed by atoms with Crippen LogP contribution in [0.15, 0.2) is 82.0 Å². The highest BCUT2D eigenvalue weighted by molar-refractivity contribution is 8.16. The van der Waals surface area contributed by atoms with Gasteiger partial charge in [0.15, 0.2) is 5.17 Å². The first kappa shape index (κ1) is 26.5. The van der Waals surface area contributed by atoms with Crippen LogP contribution in [0.2, 0.25) is 0 Å². The molecule has 0 aromatic heterocycles. The van der Waals surface area contributed by atoms with E-state index in [0.29, 0.717) is 30.0 Å². The molecule has 37 heavy (non-hydrogen) atoms. The smallest absolute Gasteiger partial charge is 0.338 e. The van der Waals surface area contributed by atoms with Crippen LogP contribution in [-0.4, -0.2) is 61.1 Å². The summed E-state index contributed by atoms with van der Waals surface area (Å²) in [6, 6.07) is 16.7. The Morgan fingerprint density at radius 1 is 1.11 bits per heavy atom. The molecule has 9 heteroatoms. The Hall–Kier alpha value is -3.56. The summed E-state index contributed by atoms with van der Waals surface area (Å²) in [6.07, 6.45) is 0.742. The topological polar surface area (TPSA) is 83.5 Å². The number of hydrogen-bond acceptors (Lipinski definition) is 8. The second-order valence-electron chi connectivity index (χ2n) is 8.92. The Labute approximate surface area is 222 Å². The molecule has 2 aliphatic rings. The fourth-order valence-corrected chi connectivity index (χ4v) is 5.18. The average molecular weight is 521 g/mol. The zero-order chi connectivity index (χ0) is 26.4. The van der Waals surface area contributed by atoms with Gasteiger partial charge >= 0.3 is 5.97 Å². The van der Waals surface area contributed by atoms with Gasteiger partial charge in [-0.3, -0.25) is 4.79 Å². The first-order valence-electron chi connectivity index (χ1n) is 12.2. The Bertz CT molecular complexity index is 1240. The summed E-state index contributed by atoms with van der Waals surface area (Å²) in [6.45, 7) is 3.28. The van der Waals surface area contributed by atoms with Gasteiger partial charge in [0.2, 0.25) is 5.91 Å². The van der Waals surface area contributed by atoms with Gasteiger partial charge in [-0.15, -0.1) is 0 Å². The van der Waals surface area contributed by atoms with Crippen molar-refractivity contribution in [1.82, 2.24) is 15.1 Å². The molecule has 0 aliphatic carbocycles. The zero-order valence-corrected chi connectivity index (χ0v) is 22.4. The highest BCUT2D eigenvalue weighted by Crippen LogP contribution is 2.46. The Morgan fingerprint density at radius 3 is 2.57 bits per heavy atom. The number of amides is 1. The largest absolute Gasteiger partial charge is 0.466 e. The first-order valence-corrected chi connectivity index (χ1v) is 13.1. The average Bonchev–Trinajstić information content (AvgIpc) is 3.29. The third-order valence-corrected chi connectivity index (χ3v) is 6.89. The Kier molecular flexibility index (Phi) is 8.68. The van der Waals surface area contributed by atoms with Gasteiger partial charge in [0, 0.05) is 18.8 Å². The maximum Gasteiger partial charge on any atom is 0.338 e. The number of ether oxygens (including phenoxy) is 2. The number of rotatable bonds is 10. The molecule has 2 aromatic carbocycles. The normalized spacial score (nSPS) is 16.8. The van der Waals surface area contributed by atoms with Crippen LogP contribution in [0.4, 0.5) is 0 Å². The van der Waals surface area contributed by atoms with Crippen LogP contribution in [0.25, 0.3) is 0 Å². The molecule has 194 valence electrons. The number of amidine groups is 1. The second-order valence-corrected chi connectivity index (χ2v) is 9.75. The number of para-hydroxylation sites is 1. The fraction of sp³-hybridized carbons (Fsp3) is 0.321. The van der Waals surface area contributed by atoms with Gasteiger partial charge in [-0.2, -0.15) is 0 Å². The minimum absolute atomic E-state index is 0.0836. The summed E-state index contributed by atoms with van der Waals surface area (Å²) in [5, 5.41) is 5.65. The highest BCUT2D eigenvalue weighted by Gasteiger charge is 2.41. The number of methoxy groups -OCH3 is 1. The number of thioether (sulfide) groups is 1. The SMILES string of the molecule is CCC1=C(C(=O)OC)[C@H](c2cccc(Oc3ccccc3)c2)N2C(CC(=O)NCCN(C)C)=CSC2=N1. The number of likely N-dealkylation sites (N-methyl/N-ethyl adjacent to an activating group) is 1. The van der Waals surface area contributed by atoms with E-state index in [4.69, 9.17) is 14.5 Å². The molecule has 0 spiro atoms. The van der Waals surface area contributed by atoms with Crippen molar-refractivity contribution >= 4 is 28.8 Å². The number of nitrogens with zero attached hydrogens (tertiary/aromatic N) is 3. The summed E-state index contributed by atoms with van der Waals surface area (Å²) in [5.74, 6) is 0.842. The van der Waals surface area contributed by atoms with E-state index in [9.17, 15) is 9.59 Å². The number of aliphatic imine (C=N–C) groups is 1. The van der Waals surface area contributed by atoms with E-state index in [0.717, 1.165) is 28.7 Å². The summed E-state index contributed by atoms with van der Waals surface area (Å²) >= 11 is 1.46. The van der Waals surface area contributed by atoms with Crippen molar-refractivity contribution in [2.45, 2.75) is 25.8 Å². The van der Waals surface area contributed by atoms with E-state index in [1.165, 1.54) is 18.9 Å². The van der Waals surface area contributed by atoms with Crippen LogP contribution < -0.4 is 10.1 Å². The monoisotopic (exact) mass is 520 g/mol. The number of carbonyl (C=O) groups excluding carboxylic acids is 2. The van der Waals surface area contributed by atoms with Crippen LogP contribution in [-0.2, 0) is 14.3 Å². The van der Waals surface area contributed by atoms with Gasteiger partial charge in [-0.1, -0.05) is 49.0 Å². The van der Waals surface area contributed by atoms with Crippen molar-refractivity contribution in [1.29, 1.82) is 0 Å². The standard InChI is InChI=1S/C28H32N4O4S/c1-5-23-25(27(34)35-4)26(19-10-9-13-22(16-19)36-21-11-7-6-8-12-21)32-20(18-37-28(32)30-23)17-24(33)29-14-15-31(2)3/h6-13,16,18,26H,5,14-15,17H2,1-4H3,(H,29,33)/t26-/m0/s1. The minimum atomic E-state index is -0.509. The molecular formula is C28H32N4O4S. The minimum Gasteiger partial charge on any atom is -0.466 e. The molecule has 0 unspecified atom stereocenters. The lowest BCUT2D eigenvalue weighted by Gasteiger charge is -2.36. The van der Waals surface area contributed by atoms with Gasteiger partial charge in [0.1, 0.15) is 11.5 Å². The molecule has 0 fully saturated rings. The van der Waals surface area contributed by atoms with Gasteiger partial charge in [0.05, 0.1) is 30.8 Å². The number of hydrogen-bond donors (Lipinski definition) is 1. The van der Waals surface area contributed by atoms with E-state index < -0.39 is 12.0 Å². The lowest BCUT2D eigenvalue weighted by Crippen LogP contribution is -2.38. The van der Waals surface area contributed by atoms with Crippen LogP contribution >= 0.6 is 11.8 Å². The maximum atomic E-state index is 13.1. The van der Waals surface area contributed by atoms with E-state index in [1.54, 1.807) is 0 Å². The van der Waals surface area contributed by atoms with Gasteiger partial charge in [-0.05, 0) is 55.8 Å². The zero-order valence-electron chi connectivity index (χ0n) is 21.6. The fourth-order valence-electron chi connectivity index (χ4n) is 4.25. The van der Waals surface area contributed by atoms with Gasteiger partial charge < -0.3 is 24.6 Å². The molecule has 0 bridgehead atoms. The maximum absolute atomic E-state index is 13.1. The first-order chi connectivity index (χ1) is 17.9. The van der Waals surface area contributed by atoms with Crippen LogP contribution in [0.1, 0.15) is 31.4 Å². The predicted molar refractivity (Wildman–Crippen MR) is 146 cm³/mol. The predicted octanol–water partition coefficient (Wildman–Crippen LogP) is 4.68. The molecule has 2 heterocycles. The van der Waals surface area contributed by atoms with Crippen molar-refractivity contribution < 1.29 is 19.1 Å². The Balaban J connectivity index is 1.68. The van der Waals surface area contributed by atoms with Gasteiger partial charge in [0.25, 0.3) is 0 Å². The quantitative estimate of drug-likeness (QED) is 0.455. The van der Waals surface area contributed by atoms with Crippen molar-refractivity contribution in [3.63, 3.8) is 0 Å². The highest BCUT2D eigenvalue weighted by atomic mass is 32.2. The molecule has 1 atom stereocenters. The summed E-state index contributed by atoms with van der Waals surface area (Å²) < 4.78 is 11.3. The van der Waals surface area contributed by atoms with Crippen LogP contribution in [0.3, 0.4) is 0 Å². The van der Waals surface area contributed by atoms with Crippen molar-refractivity contribution in [2.24, 2.45) is 4.99 Å². The molecular weight excluding hydrogens is 488 g/mol. The molecule has 2 aliphatic heterocycles. The van der Waals surface area contributed by atoms with Crippen molar-refractivity contribution in [3.8, 4) is 11.5 Å². The Morgan fingerprint density at radius 2 is 1.86 bits per heavy atom. The van der Waals surface area contributed by atoms with Crippen LogP contribution in [0.5, 0.6) is 11.5 Å². The second kappa shape index (κ2) is 12.1. The van der Waals surface area contributed by atoms with E-state index >= 15 is 0 Å². The molecule has 0 saturated carbocycles. The number of esters is 1. The molecule has 8 nitrogen and oxygen atoms in total. The summed E-state index contributed by atoms with van der Waals surface area (Å²) in [5.41, 5.74) is 2.76. The molecule has 2 aromatic rings. The number of nitrogens with one attached hydrogen (secondary N) is 1. The van der Waals surface area contributed by atoms with Gasteiger partial charge in [-0.25, -0.2) is 9.79 Å². The molecule has 1 N–H and O–H groups in total. The van der Waals surface area contributed by atoms with Crippen molar-refractivity contribution in [2.75, 3.05) is 34.3 Å². The van der Waals surface area contributed by atoms with E-state index in [1.807, 2.05) is 90.8 Å².